The molecule has 0 aliphatic rings. The summed E-state index contributed by atoms with van der Waals surface area (Å²) in [4.78, 5) is 56.9. The third-order valence-corrected chi connectivity index (χ3v) is 4.39. The summed E-state index contributed by atoms with van der Waals surface area (Å²) in [6.45, 7) is 0.291. The van der Waals surface area contributed by atoms with Gasteiger partial charge in [0.05, 0.1) is 24.0 Å². The van der Waals surface area contributed by atoms with Crippen molar-refractivity contribution in [1.82, 2.24) is 20.3 Å². The molecule has 0 aliphatic heterocycles. The average molecular weight is 456 g/mol. The van der Waals surface area contributed by atoms with E-state index in [1.807, 2.05) is 0 Å². The number of H-pyrrole nitrogens is 1. The fraction of sp³-hybridized carbons (Fsp3) is 0.238. The van der Waals surface area contributed by atoms with Crippen molar-refractivity contribution < 1.29 is 24.6 Å². The van der Waals surface area contributed by atoms with Crippen LogP contribution in [0.4, 0.5) is 5.69 Å². The number of nitrogens with two attached hydrogens (primary N) is 1. The predicted octanol–water partition coefficient (Wildman–Crippen LogP) is 0.553. The maximum Gasteiger partial charge on any atom is 0.326 e. The number of carboxylic acid groups (broad SMARTS) is 2. The van der Waals surface area contributed by atoms with Gasteiger partial charge in [-0.1, -0.05) is 0 Å². The van der Waals surface area contributed by atoms with Crippen molar-refractivity contribution in [3.63, 3.8) is 0 Å². The SMILES string of the molecule is CN.O=C(O)CCC(NC(=O)c1ccc(NCc2cnc3cc[nH]c(=O)c3n2)cc1)C(=O)O. The molecule has 33 heavy (non-hydrogen) atoms. The Labute approximate surface area is 187 Å². The summed E-state index contributed by atoms with van der Waals surface area (Å²) in [6.07, 6.45) is 2.47. The smallest absolute Gasteiger partial charge is 0.326 e. The summed E-state index contributed by atoms with van der Waals surface area (Å²) < 4.78 is 0. The number of nitrogens with zero attached hydrogens (tertiary/aromatic N) is 2. The van der Waals surface area contributed by atoms with E-state index in [4.69, 9.17) is 10.2 Å². The molecule has 12 nitrogen and oxygen atoms in total. The monoisotopic (exact) mass is 456 g/mol. The third kappa shape index (κ3) is 7.11. The lowest BCUT2D eigenvalue weighted by atomic mass is 10.1. The number of rotatable bonds is 9. The molecule has 1 aromatic carbocycles. The second kappa shape index (κ2) is 11.9. The molecule has 1 amide bonds. The van der Waals surface area contributed by atoms with E-state index in [2.05, 4.69) is 31.3 Å². The largest absolute Gasteiger partial charge is 0.481 e. The number of nitrogens with one attached hydrogen (secondary N) is 3. The molecular weight excluding hydrogens is 432 g/mol. The minimum Gasteiger partial charge on any atom is -0.481 e. The number of hydrogen-bond acceptors (Lipinski definition) is 8. The molecular formula is C21H24N6O6. The highest BCUT2D eigenvalue weighted by Gasteiger charge is 2.21. The van der Waals surface area contributed by atoms with Gasteiger partial charge < -0.3 is 31.6 Å². The number of carbonyl (C=O) groups is 3. The summed E-state index contributed by atoms with van der Waals surface area (Å²) >= 11 is 0. The molecule has 2 heterocycles. The molecule has 12 heteroatoms. The van der Waals surface area contributed by atoms with Crippen molar-refractivity contribution in [1.29, 1.82) is 0 Å². The first-order chi connectivity index (χ1) is 15.8. The fourth-order valence-corrected chi connectivity index (χ4v) is 2.77. The second-order valence-electron chi connectivity index (χ2n) is 6.63. The molecule has 0 bridgehead atoms. The molecule has 0 fully saturated rings. The lowest BCUT2D eigenvalue weighted by molar-refractivity contribution is -0.140. The molecule has 1 unspecified atom stereocenters. The number of aromatic nitrogens is 3. The van der Waals surface area contributed by atoms with Gasteiger partial charge in [0.15, 0.2) is 5.52 Å². The van der Waals surface area contributed by atoms with Crippen LogP contribution in [0.15, 0.2) is 47.5 Å². The highest BCUT2D eigenvalue weighted by Crippen LogP contribution is 2.12. The van der Waals surface area contributed by atoms with Gasteiger partial charge in [-0.25, -0.2) is 9.78 Å². The van der Waals surface area contributed by atoms with Gasteiger partial charge in [0.1, 0.15) is 6.04 Å². The molecule has 0 spiro atoms. The topological polar surface area (TPSA) is 200 Å². The highest BCUT2D eigenvalue weighted by molar-refractivity contribution is 5.96. The molecule has 0 saturated carbocycles. The molecule has 7 N–H and O–H groups in total. The summed E-state index contributed by atoms with van der Waals surface area (Å²) in [5.74, 6) is -3.07. The fourth-order valence-electron chi connectivity index (χ4n) is 2.77. The van der Waals surface area contributed by atoms with E-state index in [9.17, 15) is 19.2 Å². The first-order valence-electron chi connectivity index (χ1n) is 9.84. The number of aliphatic carboxylic acids is 2. The lowest BCUT2D eigenvalue weighted by Gasteiger charge is -2.14. The minimum absolute atomic E-state index is 0.217. The van der Waals surface area contributed by atoms with Gasteiger partial charge in [0.25, 0.3) is 11.5 Å². The van der Waals surface area contributed by atoms with E-state index < -0.39 is 23.9 Å². The van der Waals surface area contributed by atoms with E-state index in [-0.39, 0.29) is 29.5 Å². The van der Waals surface area contributed by atoms with Crippen molar-refractivity contribution in [2.75, 3.05) is 12.4 Å². The van der Waals surface area contributed by atoms with Crippen LogP contribution in [0.3, 0.4) is 0 Å². The van der Waals surface area contributed by atoms with Gasteiger partial charge in [-0.05, 0) is 43.8 Å². The van der Waals surface area contributed by atoms with Crippen molar-refractivity contribution in [3.05, 3.63) is 64.3 Å². The van der Waals surface area contributed by atoms with Crippen molar-refractivity contribution in [2.24, 2.45) is 5.73 Å². The Balaban J connectivity index is 0.00000187. The Morgan fingerprint density at radius 3 is 2.45 bits per heavy atom. The van der Waals surface area contributed by atoms with Crippen LogP contribution < -0.4 is 21.9 Å². The summed E-state index contributed by atoms with van der Waals surface area (Å²) in [6, 6.07) is 6.62. The lowest BCUT2D eigenvalue weighted by Crippen LogP contribution is -2.41. The normalized spacial score (nSPS) is 11.1. The number of pyridine rings is 1. The van der Waals surface area contributed by atoms with Gasteiger partial charge >= 0.3 is 11.9 Å². The number of carboxylic acids is 2. The molecule has 3 rings (SSSR count). The maximum atomic E-state index is 12.3. The third-order valence-electron chi connectivity index (χ3n) is 4.39. The highest BCUT2D eigenvalue weighted by atomic mass is 16.4. The van der Waals surface area contributed by atoms with Crippen LogP contribution in [0.1, 0.15) is 28.9 Å². The van der Waals surface area contributed by atoms with E-state index in [1.165, 1.54) is 25.4 Å². The van der Waals surface area contributed by atoms with E-state index in [1.54, 1.807) is 24.4 Å². The van der Waals surface area contributed by atoms with Crippen LogP contribution in [0.2, 0.25) is 0 Å². The Hall–Kier alpha value is -4.32. The molecule has 0 saturated heterocycles. The van der Waals surface area contributed by atoms with Gasteiger partial charge in [-0.15, -0.1) is 0 Å². The van der Waals surface area contributed by atoms with Gasteiger partial charge in [0, 0.05) is 23.9 Å². The quantitative estimate of drug-likeness (QED) is 0.264. The van der Waals surface area contributed by atoms with Gasteiger partial charge in [0.2, 0.25) is 0 Å². The molecule has 0 radical (unpaired) electrons. The summed E-state index contributed by atoms with van der Waals surface area (Å²) in [5, 5.41) is 23.2. The van der Waals surface area contributed by atoms with Crippen molar-refractivity contribution in [2.45, 2.75) is 25.4 Å². The van der Waals surface area contributed by atoms with Gasteiger partial charge in [-0.3, -0.25) is 19.4 Å². The minimum atomic E-state index is -1.30. The Morgan fingerprint density at radius 2 is 1.82 bits per heavy atom. The molecule has 1 atom stereocenters. The Kier molecular flexibility index (Phi) is 9.00. The average Bonchev–Trinajstić information content (AvgIpc) is 2.82. The number of amides is 1. The zero-order valence-corrected chi connectivity index (χ0v) is 17.7. The van der Waals surface area contributed by atoms with E-state index >= 15 is 0 Å². The van der Waals surface area contributed by atoms with E-state index in [0.29, 0.717) is 23.4 Å². The first-order valence-corrected chi connectivity index (χ1v) is 9.84. The zero-order valence-electron chi connectivity index (χ0n) is 17.7. The van der Waals surface area contributed by atoms with Crippen LogP contribution >= 0.6 is 0 Å². The molecule has 0 aliphatic carbocycles. The number of carbonyl (C=O) groups excluding carboxylic acids is 1. The Bertz CT molecular complexity index is 1180. The Morgan fingerprint density at radius 1 is 1.12 bits per heavy atom. The summed E-state index contributed by atoms with van der Waals surface area (Å²) in [7, 11) is 1.50. The van der Waals surface area contributed by atoms with Crippen molar-refractivity contribution >= 4 is 34.6 Å². The zero-order chi connectivity index (χ0) is 24.4. The number of aromatic amines is 1. The van der Waals surface area contributed by atoms with Crippen LogP contribution in [0.5, 0.6) is 0 Å². The number of benzene rings is 1. The van der Waals surface area contributed by atoms with Crippen LogP contribution in [-0.2, 0) is 16.1 Å². The van der Waals surface area contributed by atoms with Crippen LogP contribution in [0, 0.1) is 0 Å². The van der Waals surface area contributed by atoms with Gasteiger partial charge in [-0.2, -0.15) is 0 Å². The number of fused-ring (bicyclic) bond motifs is 1. The molecule has 3 aromatic rings. The van der Waals surface area contributed by atoms with Crippen LogP contribution in [-0.4, -0.2) is 56.1 Å². The summed E-state index contributed by atoms with van der Waals surface area (Å²) in [5.41, 5.74) is 6.35. The predicted molar refractivity (Wildman–Crippen MR) is 120 cm³/mol. The number of anilines is 1. The van der Waals surface area contributed by atoms with E-state index in [0.717, 1.165) is 0 Å². The first kappa shape index (κ1) is 24.9. The van der Waals surface area contributed by atoms with Crippen LogP contribution in [0.25, 0.3) is 11.0 Å². The second-order valence-corrected chi connectivity index (χ2v) is 6.63. The molecule has 174 valence electrons. The standard InChI is InChI=1S/C20H19N5O6.CH5N/c26-16(27)6-5-15(20(30)31)25-18(28)11-1-3-12(4-2-11)22-9-13-10-23-14-7-8-21-19(29)17(14)24-13;1-2/h1-4,7-8,10,15,22H,5-6,9H2,(H,21,29)(H,25,28)(H,26,27)(H,30,31);2H2,1H3. The van der Waals surface area contributed by atoms with Crippen molar-refractivity contribution in [3.8, 4) is 0 Å². The molecule has 2 aromatic heterocycles. The number of hydrogen-bond donors (Lipinski definition) is 6. The maximum absolute atomic E-state index is 12.3.